The molecular weight excluding hydrogens is 687 g/mol. The molecule has 0 radical (unpaired) electrons. The van der Waals surface area contributed by atoms with E-state index in [1.54, 1.807) is 24.8 Å². The van der Waals surface area contributed by atoms with Crippen molar-refractivity contribution in [3.63, 3.8) is 0 Å². The fraction of sp³-hybridized carbons (Fsp3) is 0.500. The van der Waals surface area contributed by atoms with Crippen LogP contribution in [0.25, 0.3) is 0 Å². The number of aryl methyl sites for hydroxylation is 1. The second-order valence-corrected chi connectivity index (χ2v) is 13.9. The van der Waals surface area contributed by atoms with Crippen LogP contribution in [0.2, 0.25) is 0 Å². The van der Waals surface area contributed by atoms with Gasteiger partial charge in [-0.25, -0.2) is 8.78 Å². The second-order valence-electron chi connectivity index (χ2n) is 13.9. The van der Waals surface area contributed by atoms with Crippen LogP contribution in [0.3, 0.4) is 0 Å². The molecule has 2 aromatic heterocycles. The number of carbonyl (C=O) groups excluding carboxylic acids is 1. The van der Waals surface area contributed by atoms with Crippen molar-refractivity contribution in [2.24, 2.45) is 0 Å². The van der Waals surface area contributed by atoms with Crippen molar-refractivity contribution in [2.75, 3.05) is 51.0 Å². The summed E-state index contributed by atoms with van der Waals surface area (Å²) in [6.45, 7) is 4.01. The van der Waals surface area contributed by atoms with Gasteiger partial charge < -0.3 is 25.0 Å². The van der Waals surface area contributed by atoms with E-state index in [2.05, 4.69) is 21.8 Å². The Morgan fingerprint density at radius 2 is 2.00 bits per heavy atom. The molecule has 4 aliphatic rings. The van der Waals surface area contributed by atoms with Gasteiger partial charge in [-0.1, -0.05) is 5.92 Å². The van der Waals surface area contributed by atoms with E-state index >= 15 is 4.39 Å². The van der Waals surface area contributed by atoms with Gasteiger partial charge in [0, 0.05) is 56.8 Å². The molecule has 2 unspecified atom stereocenters. The van der Waals surface area contributed by atoms with Gasteiger partial charge in [-0.2, -0.15) is 28.2 Å². The van der Waals surface area contributed by atoms with Gasteiger partial charge >= 0.3 is 12.2 Å². The second kappa shape index (κ2) is 13.7. The number of halogens is 5. The minimum Gasteiger partial charge on any atom is -0.461 e. The van der Waals surface area contributed by atoms with E-state index in [1.165, 1.54) is 11.8 Å². The molecule has 0 spiro atoms. The highest BCUT2D eigenvalue weighted by molar-refractivity contribution is 5.92. The van der Waals surface area contributed by atoms with Gasteiger partial charge in [0.2, 0.25) is 0 Å². The van der Waals surface area contributed by atoms with E-state index in [9.17, 15) is 22.4 Å². The first-order valence-corrected chi connectivity index (χ1v) is 17.1. The lowest BCUT2D eigenvalue weighted by Crippen LogP contribution is -2.43. The molecule has 7 rings (SSSR count). The van der Waals surface area contributed by atoms with Gasteiger partial charge in [0.15, 0.2) is 11.5 Å². The molecule has 11 nitrogen and oxygen atoms in total. The quantitative estimate of drug-likeness (QED) is 0.209. The molecule has 16 heteroatoms. The molecule has 0 bridgehead atoms. The first-order valence-electron chi connectivity index (χ1n) is 17.1. The summed E-state index contributed by atoms with van der Waals surface area (Å²) in [5.74, 6) is 3.87. The lowest BCUT2D eigenvalue weighted by molar-refractivity contribution is -0.140. The molecule has 3 aromatic rings. The van der Waals surface area contributed by atoms with Crippen molar-refractivity contribution in [2.45, 2.75) is 76.5 Å². The molecule has 0 aliphatic carbocycles. The Kier molecular flexibility index (Phi) is 9.37. The molecule has 1 amide bonds. The Bertz CT molecular complexity index is 2000. The number of benzene rings is 1. The molecule has 52 heavy (non-hydrogen) atoms. The molecule has 1 aromatic carbocycles. The zero-order valence-corrected chi connectivity index (χ0v) is 29.1. The summed E-state index contributed by atoms with van der Waals surface area (Å²) >= 11 is 0. The van der Waals surface area contributed by atoms with Gasteiger partial charge in [-0.3, -0.25) is 14.4 Å². The molecule has 0 saturated carbocycles. The lowest BCUT2D eigenvalue weighted by Gasteiger charge is -2.33. The van der Waals surface area contributed by atoms with Crippen LogP contribution in [0.15, 0.2) is 24.0 Å². The lowest BCUT2D eigenvalue weighted by atomic mass is 9.91. The SMILES string of the molecule is CC#Cc1cc(N)c(F)c(C2Cc3nc(OCC45CCCN4C/C(=C/F)C5)nc(N4CCCn5nc(C(=O)N(C)C)cc5C4)c3CO2)c1C(F)(F)F. The van der Waals surface area contributed by atoms with Crippen LogP contribution in [0.1, 0.15) is 82.8 Å². The fourth-order valence-electron chi connectivity index (χ4n) is 7.91. The van der Waals surface area contributed by atoms with Crippen molar-refractivity contribution < 1.29 is 36.2 Å². The summed E-state index contributed by atoms with van der Waals surface area (Å²) in [6.07, 6.45) is -3.08. The third-order valence-electron chi connectivity index (χ3n) is 10.3. The van der Waals surface area contributed by atoms with Crippen LogP contribution in [0, 0.1) is 17.7 Å². The summed E-state index contributed by atoms with van der Waals surface area (Å²) in [7, 11) is 3.30. The van der Waals surface area contributed by atoms with Crippen molar-refractivity contribution in [1.82, 2.24) is 29.5 Å². The minimum absolute atomic E-state index is 0.00355. The number of ether oxygens (including phenoxy) is 2. The maximum absolute atomic E-state index is 15.7. The van der Waals surface area contributed by atoms with E-state index in [0.29, 0.717) is 73.7 Å². The fourth-order valence-corrected chi connectivity index (χ4v) is 7.91. The van der Waals surface area contributed by atoms with Crippen LogP contribution >= 0.6 is 0 Å². The number of nitrogens with zero attached hydrogens (tertiary/aromatic N) is 7. The van der Waals surface area contributed by atoms with Gasteiger partial charge in [0.1, 0.15) is 12.4 Å². The number of fused-ring (bicyclic) bond motifs is 3. The molecule has 276 valence electrons. The number of rotatable bonds is 6. The summed E-state index contributed by atoms with van der Waals surface area (Å²) in [5, 5.41) is 4.52. The van der Waals surface area contributed by atoms with Gasteiger partial charge in [0.05, 0.1) is 53.8 Å². The Morgan fingerprint density at radius 3 is 2.73 bits per heavy atom. The van der Waals surface area contributed by atoms with Gasteiger partial charge in [-0.05, 0) is 56.9 Å². The summed E-state index contributed by atoms with van der Waals surface area (Å²) in [4.78, 5) is 27.9. The average Bonchev–Trinajstić information content (AvgIpc) is 3.75. The summed E-state index contributed by atoms with van der Waals surface area (Å²) < 4.78 is 87.2. The van der Waals surface area contributed by atoms with Crippen LogP contribution in [-0.2, 0) is 37.0 Å². The molecule has 4 aliphatic heterocycles. The number of hydrogen-bond donors (Lipinski definition) is 1. The van der Waals surface area contributed by atoms with E-state index in [0.717, 1.165) is 31.1 Å². The highest BCUT2D eigenvalue weighted by atomic mass is 19.4. The first kappa shape index (κ1) is 35.6. The average molecular weight is 727 g/mol. The van der Waals surface area contributed by atoms with E-state index in [4.69, 9.17) is 25.2 Å². The third-order valence-corrected chi connectivity index (χ3v) is 10.3. The smallest absolute Gasteiger partial charge is 0.418 e. The number of carbonyl (C=O) groups is 1. The number of hydrogen-bond acceptors (Lipinski definition) is 9. The maximum Gasteiger partial charge on any atom is 0.418 e. The Hall–Kier alpha value is -4.75. The minimum atomic E-state index is -4.96. The number of alkyl halides is 3. The highest BCUT2D eigenvalue weighted by Crippen LogP contribution is 2.45. The van der Waals surface area contributed by atoms with Crippen molar-refractivity contribution in [3.8, 4) is 17.9 Å². The largest absolute Gasteiger partial charge is 0.461 e. The van der Waals surface area contributed by atoms with Crippen molar-refractivity contribution in [1.29, 1.82) is 0 Å². The van der Waals surface area contributed by atoms with Crippen LogP contribution < -0.4 is 15.4 Å². The van der Waals surface area contributed by atoms with Crippen molar-refractivity contribution in [3.05, 3.63) is 69.2 Å². The number of aromatic nitrogens is 4. The third kappa shape index (κ3) is 6.44. The van der Waals surface area contributed by atoms with E-state index in [1.807, 2.05) is 4.90 Å². The number of nitrogen functional groups attached to an aromatic ring is 1. The summed E-state index contributed by atoms with van der Waals surface area (Å²) in [5.41, 5.74) is 5.17. The zero-order chi connectivity index (χ0) is 36.9. The van der Waals surface area contributed by atoms with Gasteiger partial charge in [0.25, 0.3) is 5.91 Å². The van der Waals surface area contributed by atoms with Crippen LogP contribution in [0.5, 0.6) is 6.01 Å². The maximum atomic E-state index is 15.7. The Balaban J connectivity index is 1.28. The van der Waals surface area contributed by atoms with Crippen molar-refractivity contribution >= 4 is 17.4 Å². The topological polar surface area (TPSA) is 115 Å². The summed E-state index contributed by atoms with van der Waals surface area (Å²) in [6, 6.07) is 2.62. The molecule has 2 fully saturated rings. The van der Waals surface area contributed by atoms with Crippen LogP contribution in [-0.4, -0.2) is 81.3 Å². The molecular formula is C36H39F5N8O3. The number of anilines is 2. The first-order chi connectivity index (χ1) is 24.8. The van der Waals surface area contributed by atoms with Gasteiger partial charge in [-0.15, -0.1) is 5.92 Å². The molecule has 2 atom stereocenters. The van der Waals surface area contributed by atoms with Crippen LogP contribution in [0.4, 0.5) is 33.5 Å². The Morgan fingerprint density at radius 1 is 1.19 bits per heavy atom. The highest BCUT2D eigenvalue weighted by Gasteiger charge is 2.47. The van der Waals surface area contributed by atoms with E-state index in [-0.39, 0.29) is 31.6 Å². The standard InChI is InChI=1S/C36H39F5N8O3/c1-4-7-22-12-25(42)31(38)29(30(22)36(39,40)41)28-14-26-24(19-51-28)32(47-9-6-11-49-23(18-47)13-27(45-49)33(50)46(2)3)44-34(43-26)52-20-35-8-5-10-48(35)17-21(15-35)16-37/h12-13,16,28H,5-6,8-11,14-15,17-20,42H2,1-3H3/b21-16+. The number of amides is 1. The number of nitrogens with two attached hydrogens (primary N) is 1. The molecule has 6 heterocycles. The Labute approximate surface area is 297 Å². The predicted octanol–water partition coefficient (Wildman–Crippen LogP) is 5.18. The normalized spacial score (nSPS) is 22.3. The monoisotopic (exact) mass is 726 g/mol. The predicted molar refractivity (Wildman–Crippen MR) is 180 cm³/mol. The molecule has 2 saturated heterocycles. The van der Waals surface area contributed by atoms with E-state index < -0.39 is 46.0 Å². The zero-order valence-electron chi connectivity index (χ0n) is 29.1. The molecule has 2 N–H and O–H groups in total.